The van der Waals surface area contributed by atoms with Crippen LogP contribution in [-0.4, -0.2) is 11.1 Å². The van der Waals surface area contributed by atoms with Gasteiger partial charge in [-0.15, -0.1) is 0 Å². The van der Waals surface area contributed by atoms with Crippen LogP contribution in [0.25, 0.3) is 6.08 Å². The average molecular weight is 209 g/mol. The van der Waals surface area contributed by atoms with Crippen molar-refractivity contribution in [2.24, 2.45) is 0 Å². The van der Waals surface area contributed by atoms with E-state index in [1.54, 1.807) is 6.07 Å². The third-order valence-electron chi connectivity index (χ3n) is 1.63. The van der Waals surface area contributed by atoms with E-state index in [9.17, 15) is 13.6 Å². The molecule has 1 aromatic carbocycles. The zero-order chi connectivity index (χ0) is 11.4. The first-order chi connectivity index (χ1) is 7.06. The third kappa shape index (κ3) is 2.38. The Kier molecular flexibility index (Phi) is 3.13. The molecule has 0 aliphatic carbocycles. The molecule has 0 spiro atoms. The molecular formula is C10H5F2NO2. The van der Waals surface area contributed by atoms with Crippen LogP contribution < -0.4 is 0 Å². The van der Waals surface area contributed by atoms with Crippen LogP contribution in [0, 0.1) is 23.0 Å². The van der Waals surface area contributed by atoms with Gasteiger partial charge in [0.1, 0.15) is 17.2 Å². The summed E-state index contributed by atoms with van der Waals surface area (Å²) >= 11 is 0. The van der Waals surface area contributed by atoms with Gasteiger partial charge >= 0.3 is 5.97 Å². The monoisotopic (exact) mass is 209 g/mol. The van der Waals surface area contributed by atoms with Crippen LogP contribution in [0.4, 0.5) is 8.78 Å². The van der Waals surface area contributed by atoms with Crippen LogP contribution >= 0.6 is 0 Å². The van der Waals surface area contributed by atoms with Gasteiger partial charge in [0.15, 0.2) is 0 Å². The number of hydrogen-bond donors (Lipinski definition) is 1. The lowest BCUT2D eigenvalue weighted by atomic mass is 10.1. The molecule has 0 radical (unpaired) electrons. The lowest BCUT2D eigenvalue weighted by molar-refractivity contribution is 0.0686. The number of carbonyl (C=O) groups is 1. The number of aromatic carboxylic acids is 1. The van der Waals surface area contributed by atoms with E-state index in [2.05, 4.69) is 0 Å². The number of benzene rings is 1. The van der Waals surface area contributed by atoms with Gasteiger partial charge in [-0.25, -0.2) is 13.6 Å². The first-order valence-electron chi connectivity index (χ1n) is 3.84. The van der Waals surface area contributed by atoms with Crippen molar-refractivity contribution in [3.63, 3.8) is 0 Å². The summed E-state index contributed by atoms with van der Waals surface area (Å²) in [5.74, 6) is -4.00. The predicted molar refractivity (Wildman–Crippen MR) is 48.0 cm³/mol. The number of carboxylic acids is 1. The lowest BCUT2D eigenvalue weighted by Gasteiger charge is -2.00. The molecule has 3 nitrogen and oxygen atoms in total. The Labute approximate surface area is 83.9 Å². The molecule has 0 heterocycles. The molecule has 0 atom stereocenters. The SMILES string of the molecule is N#CC=Cc1cc(F)c(C(=O)O)c(F)c1. The molecule has 5 heteroatoms. The third-order valence-corrected chi connectivity index (χ3v) is 1.63. The van der Waals surface area contributed by atoms with Gasteiger partial charge < -0.3 is 5.11 Å². The highest BCUT2D eigenvalue weighted by Gasteiger charge is 2.16. The minimum absolute atomic E-state index is 0.0940. The summed E-state index contributed by atoms with van der Waals surface area (Å²) in [6.45, 7) is 0. The van der Waals surface area contributed by atoms with Crippen LogP contribution in [0.15, 0.2) is 18.2 Å². The van der Waals surface area contributed by atoms with Gasteiger partial charge in [-0.1, -0.05) is 0 Å². The summed E-state index contributed by atoms with van der Waals surface area (Å²) in [5, 5.41) is 16.7. The first-order valence-corrected chi connectivity index (χ1v) is 3.84. The molecule has 0 saturated heterocycles. The number of halogens is 2. The molecular weight excluding hydrogens is 204 g/mol. The van der Waals surface area contributed by atoms with Gasteiger partial charge in [0.25, 0.3) is 0 Å². The van der Waals surface area contributed by atoms with Crippen LogP contribution in [0.5, 0.6) is 0 Å². The van der Waals surface area contributed by atoms with Crippen molar-refractivity contribution < 1.29 is 18.7 Å². The van der Waals surface area contributed by atoms with E-state index in [-0.39, 0.29) is 5.56 Å². The summed E-state index contributed by atoms with van der Waals surface area (Å²) in [7, 11) is 0. The van der Waals surface area contributed by atoms with E-state index in [1.165, 1.54) is 6.08 Å². The Hall–Kier alpha value is -2.22. The van der Waals surface area contributed by atoms with Crippen LogP contribution in [0.3, 0.4) is 0 Å². The minimum atomic E-state index is -1.67. The quantitative estimate of drug-likeness (QED) is 0.759. The van der Waals surface area contributed by atoms with Crippen molar-refractivity contribution >= 4 is 12.0 Å². The normalized spacial score (nSPS) is 10.2. The minimum Gasteiger partial charge on any atom is -0.477 e. The van der Waals surface area contributed by atoms with Crippen molar-refractivity contribution in [1.82, 2.24) is 0 Å². The lowest BCUT2D eigenvalue weighted by Crippen LogP contribution is -2.04. The molecule has 1 rings (SSSR count). The second kappa shape index (κ2) is 4.33. The summed E-state index contributed by atoms with van der Waals surface area (Å²) in [4.78, 5) is 10.4. The maximum Gasteiger partial charge on any atom is 0.341 e. The molecule has 1 N–H and O–H groups in total. The molecule has 15 heavy (non-hydrogen) atoms. The standard InChI is InChI=1S/C10H5F2NO2/c11-7-4-6(2-1-3-13)5-8(12)9(7)10(14)15/h1-2,4-5H,(H,14,15). The zero-order valence-corrected chi connectivity index (χ0v) is 7.37. The van der Waals surface area contributed by atoms with Gasteiger partial charge in [0.05, 0.1) is 6.07 Å². The van der Waals surface area contributed by atoms with Crippen molar-refractivity contribution in [2.75, 3.05) is 0 Å². The average Bonchev–Trinajstić information content (AvgIpc) is 2.12. The Balaban J connectivity index is 3.27. The van der Waals surface area contributed by atoms with Gasteiger partial charge in [-0.05, 0) is 23.8 Å². The fourth-order valence-corrected chi connectivity index (χ4v) is 1.03. The maximum absolute atomic E-state index is 13.1. The molecule has 0 fully saturated rings. The van der Waals surface area contributed by atoms with Gasteiger partial charge in [0, 0.05) is 6.08 Å². The van der Waals surface area contributed by atoms with Crippen LogP contribution in [-0.2, 0) is 0 Å². The number of carboxylic acid groups (broad SMARTS) is 1. The summed E-state index contributed by atoms with van der Waals surface area (Å²) < 4.78 is 26.1. The van der Waals surface area contributed by atoms with E-state index in [0.717, 1.165) is 18.2 Å². The van der Waals surface area contributed by atoms with E-state index in [0.29, 0.717) is 0 Å². The number of hydrogen-bond acceptors (Lipinski definition) is 2. The largest absolute Gasteiger partial charge is 0.477 e. The molecule has 0 aromatic heterocycles. The highest BCUT2D eigenvalue weighted by Crippen LogP contribution is 2.16. The van der Waals surface area contributed by atoms with Gasteiger partial charge in [-0.3, -0.25) is 0 Å². The molecule has 76 valence electrons. The van der Waals surface area contributed by atoms with Crippen molar-refractivity contribution in [3.8, 4) is 6.07 Å². The Morgan fingerprint density at radius 2 is 1.93 bits per heavy atom. The highest BCUT2D eigenvalue weighted by atomic mass is 19.1. The molecule has 1 aromatic rings. The van der Waals surface area contributed by atoms with E-state index in [4.69, 9.17) is 10.4 Å². The smallest absolute Gasteiger partial charge is 0.341 e. The Morgan fingerprint density at radius 3 is 2.33 bits per heavy atom. The van der Waals surface area contributed by atoms with Crippen LogP contribution in [0.1, 0.15) is 15.9 Å². The summed E-state index contributed by atoms with van der Waals surface area (Å²) in [5.41, 5.74) is -0.902. The number of allylic oxidation sites excluding steroid dienone is 1. The Bertz CT molecular complexity index is 452. The molecule has 0 bridgehead atoms. The summed E-state index contributed by atoms with van der Waals surface area (Å²) in [6, 6.07) is 3.35. The molecule has 0 unspecified atom stereocenters. The van der Waals surface area contributed by atoms with E-state index >= 15 is 0 Å². The molecule has 0 amide bonds. The van der Waals surface area contributed by atoms with E-state index in [1.807, 2.05) is 0 Å². The van der Waals surface area contributed by atoms with Crippen molar-refractivity contribution in [2.45, 2.75) is 0 Å². The van der Waals surface area contributed by atoms with Gasteiger partial charge in [-0.2, -0.15) is 5.26 Å². The predicted octanol–water partition coefficient (Wildman–Crippen LogP) is 2.20. The zero-order valence-electron chi connectivity index (χ0n) is 7.37. The Morgan fingerprint density at radius 1 is 1.40 bits per heavy atom. The van der Waals surface area contributed by atoms with Crippen LogP contribution in [0.2, 0.25) is 0 Å². The number of nitrogens with zero attached hydrogens (tertiary/aromatic N) is 1. The second-order valence-electron chi connectivity index (χ2n) is 2.63. The van der Waals surface area contributed by atoms with Crippen molar-refractivity contribution in [3.05, 3.63) is 41.0 Å². The van der Waals surface area contributed by atoms with E-state index < -0.39 is 23.2 Å². The molecule has 0 aliphatic rings. The van der Waals surface area contributed by atoms with Crippen molar-refractivity contribution in [1.29, 1.82) is 5.26 Å². The maximum atomic E-state index is 13.1. The fraction of sp³-hybridized carbons (Fsp3) is 0. The molecule has 0 saturated carbocycles. The number of rotatable bonds is 2. The first kappa shape index (κ1) is 10.9. The molecule has 0 aliphatic heterocycles. The second-order valence-corrected chi connectivity index (χ2v) is 2.63. The fourth-order valence-electron chi connectivity index (χ4n) is 1.03. The summed E-state index contributed by atoms with van der Waals surface area (Å²) in [6.07, 6.45) is 2.21. The highest BCUT2D eigenvalue weighted by molar-refractivity contribution is 5.88. The topological polar surface area (TPSA) is 61.1 Å². The number of nitriles is 1. The van der Waals surface area contributed by atoms with Gasteiger partial charge in [0.2, 0.25) is 0 Å².